The molecule has 4 aliphatic rings. The molecular formula is C31H51FN6O4. The van der Waals surface area contributed by atoms with Gasteiger partial charge in [0.2, 0.25) is 0 Å². The fraction of sp³-hybridized carbons (Fsp3) is 0.742. The maximum absolute atomic E-state index is 13.1. The molecule has 4 aliphatic heterocycles. The lowest BCUT2D eigenvalue weighted by atomic mass is 9.99. The zero-order valence-electron chi connectivity index (χ0n) is 26.7. The van der Waals surface area contributed by atoms with Crippen molar-refractivity contribution in [2.24, 2.45) is 0 Å². The van der Waals surface area contributed by atoms with Gasteiger partial charge in [-0.25, -0.2) is 14.0 Å². The maximum Gasteiger partial charge on any atom is 0.410 e. The number of ether oxygens (including phenoxy) is 2. The molecule has 236 valence electrons. The van der Waals surface area contributed by atoms with Crippen molar-refractivity contribution in [1.82, 2.24) is 29.8 Å². The monoisotopic (exact) mass is 590 g/mol. The molecule has 11 heteroatoms. The van der Waals surface area contributed by atoms with Crippen molar-refractivity contribution in [3.05, 3.63) is 35.6 Å². The molecule has 42 heavy (non-hydrogen) atoms. The van der Waals surface area contributed by atoms with Crippen LogP contribution in [-0.2, 0) is 16.0 Å². The molecule has 4 heterocycles. The van der Waals surface area contributed by atoms with E-state index >= 15 is 0 Å². The zero-order valence-corrected chi connectivity index (χ0v) is 26.7. The number of piperazine rings is 4. The molecule has 0 aliphatic carbocycles. The fourth-order valence-electron chi connectivity index (χ4n) is 6.31. The number of benzene rings is 1. The van der Waals surface area contributed by atoms with Gasteiger partial charge >= 0.3 is 12.2 Å². The molecule has 4 fully saturated rings. The molecule has 0 aromatic heterocycles. The van der Waals surface area contributed by atoms with Crippen LogP contribution in [0.15, 0.2) is 24.3 Å². The molecule has 5 rings (SSSR count). The summed E-state index contributed by atoms with van der Waals surface area (Å²) in [5.41, 5.74) is 0.217. The summed E-state index contributed by atoms with van der Waals surface area (Å²) in [7, 11) is 4.25. The minimum Gasteiger partial charge on any atom is -0.444 e. The second kappa shape index (κ2) is 13.0. The van der Waals surface area contributed by atoms with Crippen LogP contribution in [0, 0.1) is 5.82 Å². The molecule has 0 saturated carbocycles. The molecule has 2 amide bonds. The van der Waals surface area contributed by atoms with Gasteiger partial charge in [-0.15, -0.1) is 0 Å². The van der Waals surface area contributed by atoms with Gasteiger partial charge in [-0.3, -0.25) is 4.90 Å². The van der Waals surface area contributed by atoms with Gasteiger partial charge in [0.05, 0.1) is 0 Å². The van der Waals surface area contributed by atoms with E-state index in [9.17, 15) is 14.0 Å². The third-order valence-corrected chi connectivity index (χ3v) is 7.84. The van der Waals surface area contributed by atoms with Crippen molar-refractivity contribution in [1.29, 1.82) is 0 Å². The molecule has 0 radical (unpaired) electrons. The summed E-state index contributed by atoms with van der Waals surface area (Å²) in [6, 6.07) is 7.97. The Morgan fingerprint density at radius 1 is 0.738 bits per heavy atom. The van der Waals surface area contributed by atoms with E-state index in [4.69, 9.17) is 9.47 Å². The minimum absolute atomic E-state index is 0.182. The number of fused-ring (bicyclic) bond motifs is 4. The number of halogens is 1. The van der Waals surface area contributed by atoms with E-state index in [0.717, 1.165) is 51.4 Å². The van der Waals surface area contributed by atoms with Crippen LogP contribution in [0.5, 0.6) is 0 Å². The first-order valence-electron chi connectivity index (χ1n) is 15.1. The Labute approximate surface area is 251 Å². The topological polar surface area (TPSA) is 80.8 Å². The summed E-state index contributed by atoms with van der Waals surface area (Å²) in [6.07, 6.45) is -0.410. The smallest absolute Gasteiger partial charge is 0.410 e. The van der Waals surface area contributed by atoms with Crippen LogP contribution in [0.1, 0.15) is 47.1 Å². The van der Waals surface area contributed by atoms with Gasteiger partial charge in [-0.05, 0) is 73.3 Å². The molecule has 4 bridgehead atoms. The van der Waals surface area contributed by atoms with E-state index in [1.807, 2.05) is 63.5 Å². The molecule has 0 spiro atoms. The van der Waals surface area contributed by atoms with Crippen molar-refractivity contribution in [2.75, 3.05) is 66.5 Å². The highest BCUT2D eigenvalue weighted by molar-refractivity contribution is 5.69. The molecule has 4 saturated heterocycles. The lowest BCUT2D eigenvalue weighted by Gasteiger charge is -2.52. The molecule has 10 nitrogen and oxygen atoms in total. The third kappa shape index (κ3) is 9.26. The van der Waals surface area contributed by atoms with E-state index in [-0.39, 0.29) is 30.1 Å². The number of nitrogens with zero attached hydrogens (tertiary/aromatic N) is 5. The number of hydrogen-bond acceptors (Lipinski definition) is 8. The molecule has 4 atom stereocenters. The van der Waals surface area contributed by atoms with E-state index < -0.39 is 11.2 Å². The summed E-state index contributed by atoms with van der Waals surface area (Å²) in [5.74, 6) is -0.210. The molecule has 4 unspecified atom stereocenters. The van der Waals surface area contributed by atoms with Gasteiger partial charge in [-0.2, -0.15) is 0 Å². The van der Waals surface area contributed by atoms with Gasteiger partial charge in [0, 0.05) is 83.1 Å². The van der Waals surface area contributed by atoms with Gasteiger partial charge in [-0.1, -0.05) is 12.1 Å². The largest absolute Gasteiger partial charge is 0.444 e. The number of nitrogens with one attached hydrogen (secondary N) is 1. The van der Waals surface area contributed by atoms with E-state index in [1.165, 1.54) is 12.1 Å². The summed E-state index contributed by atoms with van der Waals surface area (Å²) in [4.78, 5) is 35.2. The summed E-state index contributed by atoms with van der Waals surface area (Å²) < 4.78 is 24.1. The van der Waals surface area contributed by atoms with Crippen LogP contribution in [0.3, 0.4) is 0 Å². The summed E-state index contributed by atoms with van der Waals surface area (Å²) >= 11 is 0. The van der Waals surface area contributed by atoms with Crippen molar-refractivity contribution in [2.45, 2.75) is 83.5 Å². The Morgan fingerprint density at radius 2 is 1.17 bits per heavy atom. The van der Waals surface area contributed by atoms with E-state index in [0.29, 0.717) is 25.2 Å². The van der Waals surface area contributed by atoms with Gasteiger partial charge in [0.15, 0.2) is 0 Å². The normalized spacial score (nSPS) is 27.2. The number of carbonyl (C=O) groups excluding carboxylic acids is 2. The first-order chi connectivity index (χ1) is 19.5. The number of amides is 2. The Bertz CT molecular complexity index is 1040. The highest BCUT2D eigenvalue weighted by Crippen LogP contribution is 2.26. The van der Waals surface area contributed by atoms with Crippen LogP contribution in [-0.4, -0.2) is 139 Å². The Morgan fingerprint density at radius 3 is 1.62 bits per heavy atom. The van der Waals surface area contributed by atoms with Crippen molar-refractivity contribution in [3.8, 4) is 0 Å². The second-order valence-corrected chi connectivity index (χ2v) is 14.4. The Balaban J connectivity index is 0.000000208. The molecule has 1 aromatic rings. The molecule has 1 aromatic carbocycles. The van der Waals surface area contributed by atoms with Crippen molar-refractivity contribution >= 4 is 12.2 Å². The fourth-order valence-corrected chi connectivity index (χ4v) is 6.31. The Kier molecular flexibility index (Phi) is 10.1. The number of hydrogen-bond donors (Lipinski definition) is 1. The predicted molar refractivity (Wildman–Crippen MR) is 161 cm³/mol. The first-order valence-corrected chi connectivity index (χ1v) is 15.1. The highest BCUT2D eigenvalue weighted by atomic mass is 19.1. The average molecular weight is 591 g/mol. The average Bonchev–Trinajstić information content (AvgIpc) is 2.83. The van der Waals surface area contributed by atoms with Crippen LogP contribution >= 0.6 is 0 Å². The number of likely N-dealkylation sites (N-methyl/N-ethyl adjacent to an activating group) is 2. The van der Waals surface area contributed by atoms with Crippen LogP contribution in [0.2, 0.25) is 0 Å². The van der Waals surface area contributed by atoms with Crippen LogP contribution < -0.4 is 5.32 Å². The minimum atomic E-state index is -0.478. The van der Waals surface area contributed by atoms with Gasteiger partial charge in [0.25, 0.3) is 0 Å². The van der Waals surface area contributed by atoms with Crippen LogP contribution in [0.25, 0.3) is 0 Å². The third-order valence-electron chi connectivity index (χ3n) is 7.84. The number of carbonyl (C=O) groups is 2. The van der Waals surface area contributed by atoms with Crippen molar-refractivity contribution in [3.63, 3.8) is 0 Å². The van der Waals surface area contributed by atoms with Crippen molar-refractivity contribution < 1.29 is 23.5 Å². The van der Waals surface area contributed by atoms with E-state index in [2.05, 4.69) is 34.1 Å². The van der Waals surface area contributed by atoms with Gasteiger partial charge < -0.3 is 34.4 Å². The van der Waals surface area contributed by atoms with Crippen LogP contribution in [0.4, 0.5) is 14.0 Å². The second-order valence-electron chi connectivity index (χ2n) is 14.4. The standard InChI is InChI=1S/C19H28FN3O2.C12H23N3O2/c1-19(2,3)25-18(24)22-12-16-10-21(4)11-17(13-22)23(16)9-14-5-7-15(20)8-6-14;1-12(2,3)17-11(16)15-7-9-5-14(4)6-10(8-15)13-9/h5-8,16-17H,9-13H2,1-4H3;9-10,13H,5-8H2,1-4H3. The number of rotatable bonds is 2. The van der Waals surface area contributed by atoms with E-state index in [1.54, 1.807) is 0 Å². The maximum atomic E-state index is 13.1. The zero-order chi connectivity index (χ0) is 30.8. The highest BCUT2D eigenvalue weighted by Gasteiger charge is 2.42. The first kappa shape index (κ1) is 32.4. The molecular weight excluding hydrogens is 539 g/mol. The Hall–Kier alpha value is -2.47. The summed E-state index contributed by atoms with van der Waals surface area (Å²) in [6.45, 7) is 18.8. The lowest BCUT2D eigenvalue weighted by Crippen LogP contribution is -2.68. The van der Waals surface area contributed by atoms with Gasteiger partial charge in [0.1, 0.15) is 17.0 Å². The summed E-state index contributed by atoms with van der Waals surface area (Å²) in [5, 5.41) is 3.54. The SMILES string of the molecule is CN1CC2CN(C(=O)OC(C)(C)C)CC(C1)N2.CN1CC2CN(C(=O)OC(C)(C)C)CC(C1)N2Cc1ccc(F)cc1. The lowest BCUT2D eigenvalue weighted by molar-refractivity contribution is -0.0514. The quantitative estimate of drug-likeness (QED) is 0.563. The predicted octanol–water partition coefficient (Wildman–Crippen LogP) is 3.07. The molecule has 1 N–H and O–H groups in total.